The first-order valence-electron chi connectivity index (χ1n) is 11.1. The molecule has 1 aromatic heterocycles. The maximum absolute atomic E-state index is 13.5. The predicted molar refractivity (Wildman–Crippen MR) is 137 cm³/mol. The Morgan fingerprint density at radius 3 is 2.36 bits per heavy atom. The average molecular weight is 507 g/mol. The smallest absolute Gasteiger partial charge is 0.347 e. The van der Waals surface area contributed by atoms with Crippen LogP contribution in [0.25, 0.3) is 11.3 Å². The van der Waals surface area contributed by atoms with Crippen molar-refractivity contribution in [2.24, 2.45) is 5.73 Å². The van der Waals surface area contributed by atoms with Gasteiger partial charge in [-0.3, -0.25) is 9.36 Å². The van der Waals surface area contributed by atoms with E-state index in [4.69, 9.17) is 10.5 Å². The van der Waals surface area contributed by atoms with Gasteiger partial charge in [0.25, 0.3) is 5.56 Å². The molecule has 0 saturated carbocycles. The molecule has 9 nitrogen and oxygen atoms in total. The Bertz CT molecular complexity index is 1610. The zero-order chi connectivity index (χ0) is 25.9. The van der Waals surface area contributed by atoms with E-state index in [9.17, 15) is 18.0 Å². The van der Waals surface area contributed by atoms with Gasteiger partial charge < -0.3 is 10.5 Å². The lowest BCUT2D eigenvalue weighted by Crippen LogP contribution is -2.44. The molecule has 0 saturated heterocycles. The Morgan fingerprint density at radius 1 is 0.972 bits per heavy atom. The van der Waals surface area contributed by atoms with Crippen LogP contribution in [0.15, 0.2) is 93.3 Å². The first kappa shape index (κ1) is 25.1. The maximum Gasteiger partial charge on any atom is 0.347 e. The first-order chi connectivity index (χ1) is 17.2. The summed E-state index contributed by atoms with van der Waals surface area (Å²) in [6, 6.07) is 21.7. The molecule has 4 aromatic rings. The van der Waals surface area contributed by atoms with Gasteiger partial charge in [0.05, 0.1) is 25.1 Å². The van der Waals surface area contributed by atoms with Gasteiger partial charge in [0.1, 0.15) is 5.75 Å². The van der Waals surface area contributed by atoms with Crippen molar-refractivity contribution >= 4 is 9.84 Å². The molecule has 1 unspecified atom stereocenters. The van der Waals surface area contributed by atoms with Gasteiger partial charge in [-0.15, -0.1) is 0 Å². The number of methoxy groups -OCH3 is 1. The van der Waals surface area contributed by atoms with Crippen molar-refractivity contribution in [2.45, 2.75) is 24.0 Å². The van der Waals surface area contributed by atoms with Crippen LogP contribution < -0.4 is 21.7 Å². The van der Waals surface area contributed by atoms with Gasteiger partial charge in [0, 0.05) is 17.9 Å². The third kappa shape index (κ3) is 5.29. The lowest BCUT2D eigenvalue weighted by atomic mass is 10.1. The summed E-state index contributed by atoms with van der Waals surface area (Å²) in [7, 11) is -2.05. The molecule has 4 rings (SSSR count). The molecular weight excluding hydrogens is 480 g/mol. The van der Waals surface area contributed by atoms with Crippen LogP contribution in [0.4, 0.5) is 0 Å². The number of ether oxygens (including phenoxy) is 1. The number of nitrogens with zero attached hydrogens (tertiary/aromatic N) is 3. The first-order valence-corrected chi connectivity index (χ1v) is 13.0. The van der Waals surface area contributed by atoms with Crippen LogP contribution in [0, 0.1) is 0 Å². The Balaban J connectivity index is 1.89. The zero-order valence-corrected chi connectivity index (χ0v) is 20.7. The van der Waals surface area contributed by atoms with E-state index >= 15 is 0 Å². The maximum atomic E-state index is 13.5. The second kappa shape index (κ2) is 10.3. The van der Waals surface area contributed by atoms with Crippen LogP contribution in [0.5, 0.6) is 5.75 Å². The Hall–Kier alpha value is -4.02. The standard InChI is InChI=1S/C26H26N4O5S/c1-35-21-13-8-12-19(15-21)24-25(31)29(17-22(27)18-9-4-3-5-10-18)26(32)30(28-24)16-20-11-6-7-14-23(20)36(2,33)34/h3-15,22H,16-17,27H2,1-2H3. The quantitative estimate of drug-likeness (QED) is 0.388. The lowest BCUT2D eigenvalue weighted by Gasteiger charge is -2.17. The van der Waals surface area contributed by atoms with Gasteiger partial charge >= 0.3 is 5.69 Å². The van der Waals surface area contributed by atoms with E-state index in [2.05, 4.69) is 5.10 Å². The highest BCUT2D eigenvalue weighted by atomic mass is 32.2. The molecular formula is C26H26N4O5S. The molecule has 1 heterocycles. The van der Waals surface area contributed by atoms with E-state index < -0.39 is 27.1 Å². The summed E-state index contributed by atoms with van der Waals surface area (Å²) in [5.41, 5.74) is 6.67. The molecule has 0 aliphatic rings. The number of hydrogen-bond donors (Lipinski definition) is 1. The number of hydrogen-bond acceptors (Lipinski definition) is 7. The largest absolute Gasteiger partial charge is 0.497 e. The molecule has 186 valence electrons. The highest BCUT2D eigenvalue weighted by Crippen LogP contribution is 2.20. The van der Waals surface area contributed by atoms with Crippen molar-refractivity contribution in [3.63, 3.8) is 0 Å². The minimum absolute atomic E-state index is 0.0191. The summed E-state index contributed by atoms with van der Waals surface area (Å²) in [5, 5.41) is 4.36. The van der Waals surface area contributed by atoms with Crippen LogP contribution >= 0.6 is 0 Å². The minimum atomic E-state index is -3.56. The average Bonchev–Trinajstić information content (AvgIpc) is 2.88. The molecule has 2 N–H and O–H groups in total. The van der Waals surface area contributed by atoms with Gasteiger partial charge in [-0.05, 0) is 29.3 Å². The summed E-state index contributed by atoms with van der Waals surface area (Å²) in [4.78, 5) is 27.0. The molecule has 0 spiro atoms. The summed E-state index contributed by atoms with van der Waals surface area (Å²) in [6.07, 6.45) is 1.10. The summed E-state index contributed by atoms with van der Waals surface area (Å²) >= 11 is 0. The Labute approximate surface area is 208 Å². The van der Waals surface area contributed by atoms with Gasteiger partial charge in [0.15, 0.2) is 15.5 Å². The third-order valence-corrected chi connectivity index (χ3v) is 6.96. The van der Waals surface area contributed by atoms with Crippen molar-refractivity contribution in [3.05, 3.63) is 111 Å². The Kier molecular flexibility index (Phi) is 7.18. The molecule has 0 radical (unpaired) electrons. The van der Waals surface area contributed by atoms with Crippen LogP contribution in [0.2, 0.25) is 0 Å². The van der Waals surface area contributed by atoms with Crippen molar-refractivity contribution in [3.8, 4) is 17.0 Å². The molecule has 10 heteroatoms. The minimum Gasteiger partial charge on any atom is -0.497 e. The fraction of sp³-hybridized carbons (Fsp3) is 0.192. The van der Waals surface area contributed by atoms with Crippen molar-refractivity contribution < 1.29 is 13.2 Å². The molecule has 0 aliphatic heterocycles. The number of rotatable bonds is 8. The second-order valence-corrected chi connectivity index (χ2v) is 10.3. The number of nitrogens with two attached hydrogens (primary N) is 1. The second-order valence-electron chi connectivity index (χ2n) is 8.33. The van der Waals surface area contributed by atoms with Crippen molar-refractivity contribution in [2.75, 3.05) is 13.4 Å². The van der Waals surface area contributed by atoms with Crippen LogP contribution in [0.1, 0.15) is 17.2 Å². The van der Waals surface area contributed by atoms with Gasteiger partial charge in [0.2, 0.25) is 0 Å². The summed E-state index contributed by atoms with van der Waals surface area (Å²) < 4.78 is 32.1. The molecule has 1 atom stereocenters. The summed E-state index contributed by atoms with van der Waals surface area (Å²) in [6.45, 7) is -0.241. The normalized spacial score (nSPS) is 12.3. The summed E-state index contributed by atoms with van der Waals surface area (Å²) in [5.74, 6) is 0.515. The number of aromatic nitrogens is 3. The van der Waals surface area contributed by atoms with Crippen LogP contribution in [0.3, 0.4) is 0 Å². The van der Waals surface area contributed by atoms with E-state index in [1.54, 1.807) is 42.5 Å². The molecule has 0 aliphatic carbocycles. The fourth-order valence-electron chi connectivity index (χ4n) is 3.94. The van der Waals surface area contributed by atoms with E-state index in [1.807, 2.05) is 30.3 Å². The lowest BCUT2D eigenvalue weighted by molar-refractivity contribution is 0.415. The number of sulfone groups is 1. The highest BCUT2D eigenvalue weighted by molar-refractivity contribution is 7.90. The van der Waals surface area contributed by atoms with Gasteiger partial charge in [-0.1, -0.05) is 60.7 Å². The van der Waals surface area contributed by atoms with Crippen LogP contribution in [-0.4, -0.2) is 36.1 Å². The van der Waals surface area contributed by atoms with Gasteiger partial charge in [-0.2, -0.15) is 5.10 Å². The van der Waals surface area contributed by atoms with Crippen LogP contribution in [-0.2, 0) is 22.9 Å². The third-order valence-electron chi connectivity index (χ3n) is 5.76. The Morgan fingerprint density at radius 2 is 1.67 bits per heavy atom. The molecule has 0 fully saturated rings. The van der Waals surface area contributed by atoms with E-state index in [-0.39, 0.29) is 23.7 Å². The van der Waals surface area contributed by atoms with E-state index in [0.29, 0.717) is 16.9 Å². The molecule has 0 amide bonds. The highest BCUT2D eigenvalue weighted by Gasteiger charge is 2.20. The van der Waals surface area contributed by atoms with Gasteiger partial charge in [-0.25, -0.2) is 17.9 Å². The zero-order valence-electron chi connectivity index (χ0n) is 19.9. The molecule has 0 bridgehead atoms. The van der Waals surface area contributed by atoms with Crippen molar-refractivity contribution in [1.82, 2.24) is 14.3 Å². The number of benzene rings is 3. The monoisotopic (exact) mass is 506 g/mol. The molecule has 3 aromatic carbocycles. The van der Waals surface area contributed by atoms with E-state index in [0.717, 1.165) is 21.1 Å². The predicted octanol–water partition coefficient (Wildman–Crippen LogP) is 2.23. The van der Waals surface area contributed by atoms with Crippen molar-refractivity contribution in [1.29, 1.82) is 0 Å². The molecule has 36 heavy (non-hydrogen) atoms. The van der Waals surface area contributed by atoms with E-state index in [1.165, 1.54) is 13.2 Å². The fourth-order valence-corrected chi connectivity index (χ4v) is 4.87. The topological polar surface area (TPSA) is 126 Å². The SMILES string of the molecule is COc1cccc(-c2nn(Cc3ccccc3S(C)(=O)=O)c(=O)n(CC(N)c3ccccc3)c2=O)c1.